The summed E-state index contributed by atoms with van der Waals surface area (Å²) < 4.78 is 4.78. The van der Waals surface area contributed by atoms with E-state index >= 15 is 0 Å². The average Bonchev–Trinajstić information content (AvgIpc) is 2.13. The molecule has 70 valence electrons. The van der Waals surface area contributed by atoms with Crippen LogP contribution in [0.5, 0.6) is 0 Å². The molecule has 1 aromatic rings. The minimum Gasteiger partial charge on any atom is -0.479 e. The smallest absolute Gasteiger partial charge is 0.257 e. The summed E-state index contributed by atoms with van der Waals surface area (Å²) in [6.45, 7) is 0. The van der Waals surface area contributed by atoms with Gasteiger partial charge in [-0.25, -0.2) is 0 Å². The van der Waals surface area contributed by atoms with Crippen LogP contribution >= 0.6 is 23.2 Å². The Kier molecular flexibility index (Phi) is 3.39. The molecular formula is C8H7Cl2NO2. The van der Waals surface area contributed by atoms with E-state index in [1.807, 2.05) is 0 Å². The quantitative estimate of drug-likeness (QED) is 0.342. The first-order chi connectivity index (χ1) is 6.19. The van der Waals surface area contributed by atoms with E-state index in [1.165, 1.54) is 7.11 Å². The Morgan fingerprint density at radius 3 is 2.54 bits per heavy atom. The summed E-state index contributed by atoms with van der Waals surface area (Å²) in [5.74, 6) is 0.0959. The lowest BCUT2D eigenvalue weighted by Gasteiger charge is -2.03. The monoisotopic (exact) mass is 219 g/mol. The Morgan fingerprint density at radius 2 is 2.08 bits per heavy atom. The molecule has 13 heavy (non-hydrogen) atoms. The van der Waals surface area contributed by atoms with Crippen molar-refractivity contribution in [2.24, 2.45) is 5.16 Å². The van der Waals surface area contributed by atoms with Crippen LogP contribution in [0.4, 0.5) is 0 Å². The molecule has 0 spiro atoms. The fraction of sp³-hybridized carbons (Fsp3) is 0.125. The lowest BCUT2D eigenvalue weighted by atomic mass is 10.2. The maximum atomic E-state index is 8.53. The third-order valence-electron chi connectivity index (χ3n) is 1.45. The van der Waals surface area contributed by atoms with Crippen LogP contribution in [-0.4, -0.2) is 18.2 Å². The maximum absolute atomic E-state index is 8.53. The average molecular weight is 220 g/mol. The first-order valence-corrected chi connectivity index (χ1v) is 4.16. The molecule has 0 unspecified atom stereocenters. The van der Waals surface area contributed by atoms with Gasteiger partial charge in [0.15, 0.2) is 0 Å². The molecule has 0 fully saturated rings. The highest BCUT2D eigenvalue weighted by molar-refractivity contribution is 6.42. The Hall–Kier alpha value is -0.930. The van der Waals surface area contributed by atoms with Crippen LogP contribution in [0.25, 0.3) is 0 Å². The van der Waals surface area contributed by atoms with Gasteiger partial charge in [0.2, 0.25) is 0 Å². The van der Waals surface area contributed by atoms with Crippen molar-refractivity contribution in [1.82, 2.24) is 0 Å². The number of halogens is 2. The lowest BCUT2D eigenvalue weighted by molar-refractivity contribution is 0.287. The molecule has 1 rings (SSSR count). The first kappa shape index (κ1) is 10.2. The van der Waals surface area contributed by atoms with Crippen LogP contribution in [0.1, 0.15) is 5.56 Å². The zero-order valence-corrected chi connectivity index (χ0v) is 8.30. The molecule has 0 aliphatic rings. The zero-order valence-electron chi connectivity index (χ0n) is 6.79. The number of rotatable bonds is 1. The summed E-state index contributed by atoms with van der Waals surface area (Å²) in [6, 6.07) is 4.80. The summed E-state index contributed by atoms with van der Waals surface area (Å²) in [7, 11) is 1.40. The van der Waals surface area contributed by atoms with E-state index in [2.05, 4.69) is 5.16 Å². The molecule has 1 aromatic carbocycles. The number of oxime groups is 1. The van der Waals surface area contributed by atoms with Gasteiger partial charge in [0, 0.05) is 5.56 Å². The summed E-state index contributed by atoms with van der Waals surface area (Å²) in [4.78, 5) is 0. The Morgan fingerprint density at radius 1 is 1.38 bits per heavy atom. The highest BCUT2D eigenvalue weighted by Gasteiger charge is 2.06. The molecule has 0 radical (unpaired) electrons. The van der Waals surface area contributed by atoms with Gasteiger partial charge in [-0.3, -0.25) is 0 Å². The molecule has 0 heterocycles. The predicted octanol–water partition coefficient (Wildman–Crippen LogP) is 2.78. The summed E-state index contributed by atoms with van der Waals surface area (Å²) in [5.41, 5.74) is 0.569. The van der Waals surface area contributed by atoms with Crippen LogP contribution in [0.2, 0.25) is 10.0 Å². The van der Waals surface area contributed by atoms with Crippen molar-refractivity contribution in [3.05, 3.63) is 33.8 Å². The molecule has 0 aliphatic carbocycles. The number of hydrogen-bond acceptors (Lipinski definition) is 3. The third-order valence-corrected chi connectivity index (χ3v) is 2.19. The van der Waals surface area contributed by atoms with Gasteiger partial charge in [0.05, 0.1) is 17.2 Å². The van der Waals surface area contributed by atoms with E-state index in [-0.39, 0.29) is 5.90 Å². The molecule has 0 saturated heterocycles. The lowest BCUT2D eigenvalue weighted by Crippen LogP contribution is -2.02. The first-order valence-electron chi connectivity index (χ1n) is 3.40. The summed E-state index contributed by atoms with van der Waals surface area (Å²) in [5, 5.41) is 12.3. The van der Waals surface area contributed by atoms with Crippen LogP contribution in [0.3, 0.4) is 0 Å². The second-order valence-electron chi connectivity index (χ2n) is 2.24. The molecule has 0 bridgehead atoms. The van der Waals surface area contributed by atoms with E-state index in [1.54, 1.807) is 18.2 Å². The molecule has 0 saturated carbocycles. The fourth-order valence-corrected chi connectivity index (χ4v) is 1.14. The number of methoxy groups -OCH3 is 1. The molecule has 1 N–H and O–H groups in total. The largest absolute Gasteiger partial charge is 0.479 e. The van der Waals surface area contributed by atoms with E-state index in [4.69, 9.17) is 33.1 Å². The van der Waals surface area contributed by atoms with Crippen molar-refractivity contribution in [3.8, 4) is 0 Å². The van der Waals surface area contributed by atoms with E-state index in [9.17, 15) is 0 Å². The Bertz CT molecular complexity index is 339. The van der Waals surface area contributed by atoms with E-state index in [0.29, 0.717) is 15.6 Å². The molecule has 0 aliphatic heterocycles. The number of benzene rings is 1. The van der Waals surface area contributed by atoms with Crippen molar-refractivity contribution < 1.29 is 9.94 Å². The molecule has 0 atom stereocenters. The zero-order chi connectivity index (χ0) is 9.84. The molecular weight excluding hydrogens is 213 g/mol. The second-order valence-corrected chi connectivity index (χ2v) is 3.05. The Balaban J connectivity index is 3.10. The minimum absolute atomic E-state index is 0.0959. The Labute approximate surface area is 85.5 Å². The van der Waals surface area contributed by atoms with Crippen LogP contribution in [0, 0.1) is 0 Å². The fourth-order valence-electron chi connectivity index (χ4n) is 0.846. The standard InChI is InChI=1S/C8H7Cl2NO2/c1-13-8(11-12)5-2-3-6(9)7(10)4-5/h2-4,12H,1H3. The van der Waals surface area contributed by atoms with Crippen molar-refractivity contribution in [2.45, 2.75) is 0 Å². The molecule has 0 amide bonds. The van der Waals surface area contributed by atoms with E-state index in [0.717, 1.165) is 0 Å². The van der Waals surface area contributed by atoms with Gasteiger partial charge in [0.25, 0.3) is 5.90 Å². The highest BCUT2D eigenvalue weighted by Crippen LogP contribution is 2.22. The second kappa shape index (κ2) is 4.35. The summed E-state index contributed by atoms with van der Waals surface area (Å²) in [6.07, 6.45) is 0. The van der Waals surface area contributed by atoms with Gasteiger partial charge >= 0.3 is 0 Å². The van der Waals surface area contributed by atoms with Gasteiger partial charge in [-0.05, 0) is 23.4 Å². The van der Waals surface area contributed by atoms with Crippen molar-refractivity contribution in [1.29, 1.82) is 0 Å². The van der Waals surface area contributed by atoms with Crippen molar-refractivity contribution >= 4 is 29.1 Å². The SMILES string of the molecule is COC(=NO)c1ccc(Cl)c(Cl)c1. The van der Waals surface area contributed by atoms with Gasteiger partial charge in [-0.2, -0.15) is 0 Å². The predicted molar refractivity (Wildman–Crippen MR) is 51.8 cm³/mol. The topological polar surface area (TPSA) is 41.8 Å². The van der Waals surface area contributed by atoms with Crippen LogP contribution < -0.4 is 0 Å². The highest BCUT2D eigenvalue weighted by atomic mass is 35.5. The van der Waals surface area contributed by atoms with E-state index < -0.39 is 0 Å². The third kappa shape index (κ3) is 2.26. The van der Waals surface area contributed by atoms with Crippen molar-refractivity contribution in [2.75, 3.05) is 7.11 Å². The maximum Gasteiger partial charge on any atom is 0.257 e. The molecule has 3 nitrogen and oxygen atoms in total. The molecule has 0 aromatic heterocycles. The molecule has 5 heteroatoms. The number of nitrogens with zero attached hydrogens (tertiary/aromatic N) is 1. The van der Waals surface area contributed by atoms with Gasteiger partial charge in [-0.15, -0.1) is 0 Å². The van der Waals surface area contributed by atoms with Crippen molar-refractivity contribution in [3.63, 3.8) is 0 Å². The van der Waals surface area contributed by atoms with Gasteiger partial charge < -0.3 is 9.94 Å². The van der Waals surface area contributed by atoms with Crippen LogP contribution in [0.15, 0.2) is 23.4 Å². The normalized spacial score (nSPS) is 11.5. The van der Waals surface area contributed by atoms with Gasteiger partial charge in [-0.1, -0.05) is 23.2 Å². The summed E-state index contributed by atoms with van der Waals surface area (Å²) >= 11 is 11.4. The van der Waals surface area contributed by atoms with Gasteiger partial charge in [0.1, 0.15) is 0 Å². The number of ether oxygens (including phenoxy) is 1. The minimum atomic E-state index is 0.0959. The number of hydrogen-bond donors (Lipinski definition) is 1. The van der Waals surface area contributed by atoms with Crippen LogP contribution in [-0.2, 0) is 4.74 Å².